The second kappa shape index (κ2) is 5.94. The molecule has 3 aromatic rings. The fourth-order valence-corrected chi connectivity index (χ4v) is 4.40. The maximum atomic E-state index is 4.43. The Kier molecular flexibility index (Phi) is 3.56. The molecule has 0 saturated carbocycles. The van der Waals surface area contributed by atoms with Crippen molar-refractivity contribution in [2.75, 3.05) is 22.9 Å². The molecular weight excluding hydrogens is 318 g/mol. The van der Waals surface area contributed by atoms with Crippen LogP contribution in [0, 0.1) is 0 Å². The van der Waals surface area contributed by atoms with Crippen molar-refractivity contribution in [3.63, 3.8) is 0 Å². The molecule has 1 fully saturated rings. The molecule has 0 amide bonds. The summed E-state index contributed by atoms with van der Waals surface area (Å²) < 4.78 is 2.18. The van der Waals surface area contributed by atoms with E-state index < -0.39 is 0 Å². The number of benzene rings is 2. The Balaban J connectivity index is 1.48. The number of anilines is 2. The fourth-order valence-electron chi connectivity index (χ4n) is 4.40. The lowest BCUT2D eigenvalue weighted by molar-refractivity contribution is 0.578. The molecule has 2 aliphatic heterocycles. The third kappa shape index (κ3) is 2.42. The lowest BCUT2D eigenvalue weighted by Gasteiger charge is -2.29. The minimum atomic E-state index is 0.907. The van der Waals surface area contributed by atoms with Crippen LogP contribution < -0.4 is 9.80 Å². The summed E-state index contributed by atoms with van der Waals surface area (Å²) in [7, 11) is 2.10. The van der Waals surface area contributed by atoms with E-state index in [1.807, 2.05) is 0 Å². The third-order valence-corrected chi connectivity index (χ3v) is 5.96. The third-order valence-electron chi connectivity index (χ3n) is 5.96. The molecule has 0 unspecified atom stereocenters. The van der Waals surface area contributed by atoms with Crippen LogP contribution >= 0.6 is 0 Å². The van der Waals surface area contributed by atoms with Crippen LogP contribution in [0.1, 0.15) is 30.4 Å². The number of aromatic nitrogens is 1. The summed E-state index contributed by atoms with van der Waals surface area (Å²) in [4.78, 5) is 4.87. The zero-order valence-electron chi connectivity index (χ0n) is 15.4. The van der Waals surface area contributed by atoms with E-state index in [4.69, 9.17) is 0 Å². The van der Waals surface area contributed by atoms with Gasteiger partial charge >= 0.3 is 0 Å². The number of hydrogen-bond acceptors (Lipinski definition) is 2. The highest BCUT2D eigenvalue weighted by molar-refractivity contribution is 5.90. The second-order valence-corrected chi connectivity index (χ2v) is 7.59. The van der Waals surface area contributed by atoms with Gasteiger partial charge in [0, 0.05) is 61.0 Å². The van der Waals surface area contributed by atoms with Gasteiger partial charge < -0.3 is 14.4 Å². The molecular formula is C23H25N3. The molecule has 26 heavy (non-hydrogen) atoms. The smallest absolute Gasteiger partial charge is 0.0498 e. The standard InChI is InChI=1S/C23H25N3/c1-17-22-14-20(25-11-4-3-5-12-25)8-7-19(22)16-26(17)21-9-6-18-10-13-24(2)23(18)15-21/h6-10,13-15H,1,3-5,11-12,16H2,2H3. The van der Waals surface area contributed by atoms with Crippen molar-refractivity contribution in [1.29, 1.82) is 0 Å². The van der Waals surface area contributed by atoms with Crippen molar-refractivity contribution in [3.8, 4) is 0 Å². The van der Waals surface area contributed by atoms with Crippen LogP contribution in [0.4, 0.5) is 11.4 Å². The molecule has 0 spiro atoms. The van der Waals surface area contributed by atoms with Gasteiger partial charge in [-0.1, -0.05) is 18.7 Å². The van der Waals surface area contributed by atoms with E-state index in [0.29, 0.717) is 0 Å². The molecule has 2 aromatic carbocycles. The van der Waals surface area contributed by atoms with Crippen molar-refractivity contribution in [2.24, 2.45) is 7.05 Å². The first-order valence-corrected chi connectivity index (χ1v) is 9.60. The summed E-state index contributed by atoms with van der Waals surface area (Å²) in [6.45, 7) is 7.70. The van der Waals surface area contributed by atoms with Crippen molar-refractivity contribution in [3.05, 3.63) is 66.4 Å². The van der Waals surface area contributed by atoms with Gasteiger partial charge in [-0.2, -0.15) is 0 Å². The zero-order valence-corrected chi connectivity index (χ0v) is 15.4. The van der Waals surface area contributed by atoms with Gasteiger partial charge in [0.2, 0.25) is 0 Å². The van der Waals surface area contributed by atoms with Crippen molar-refractivity contribution in [1.82, 2.24) is 4.57 Å². The Labute approximate surface area is 155 Å². The van der Waals surface area contributed by atoms with Gasteiger partial charge in [0.25, 0.3) is 0 Å². The van der Waals surface area contributed by atoms with E-state index in [-0.39, 0.29) is 0 Å². The summed E-state index contributed by atoms with van der Waals surface area (Å²) >= 11 is 0. The summed E-state index contributed by atoms with van der Waals surface area (Å²) in [6.07, 6.45) is 6.10. The highest BCUT2D eigenvalue weighted by atomic mass is 15.2. The minimum Gasteiger partial charge on any atom is -0.372 e. The predicted molar refractivity (Wildman–Crippen MR) is 111 cm³/mol. The van der Waals surface area contributed by atoms with E-state index in [9.17, 15) is 0 Å². The van der Waals surface area contributed by atoms with Crippen molar-refractivity contribution >= 4 is 28.0 Å². The van der Waals surface area contributed by atoms with Gasteiger partial charge in [-0.05, 0) is 60.5 Å². The number of rotatable bonds is 2. The highest BCUT2D eigenvalue weighted by Crippen LogP contribution is 2.38. The number of hydrogen-bond donors (Lipinski definition) is 0. The average molecular weight is 343 g/mol. The van der Waals surface area contributed by atoms with Crippen LogP contribution in [0.3, 0.4) is 0 Å². The normalized spacial score (nSPS) is 17.2. The first-order valence-electron chi connectivity index (χ1n) is 9.60. The topological polar surface area (TPSA) is 11.4 Å². The monoisotopic (exact) mass is 343 g/mol. The molecule has 1 saturated heterocycles. The lowest BCUT2D eigenvalue weighted by atomic mass is 10.1. The minimum absolute atomic E-state index is 0.907. The SMILES string of the molecule is C=C1c2cc(N3CCCCC3)ccc2CN1c1ccc2ccn(C)c2c1. The van der Waals surface area contributed by atoms with Crippen molar-refractivity contribution < 1.29 is 0 Å². The molecule has 0 aliphatic carbocycles. The Bertz CT molecular complexity index is 992. The van der Waals surface area contributed by atoms with Crippen LogP contribution in [0.2, 0.25) is 0 Å². The largest absolute Gasteiger partial charge is 0.372 e. The quantitative estimate of drug-likeness (QED) is 0.637. The van der Waals surface area contributed by atoms with Crippen LogP contribution in [-0.2, 0) is 13.6 Å². The maximum absolute atomic E-state index is 4.43. The highest BCUT2D eigenvalue weighted by Gasteiger charge is 2.25. The fraction of sp³-hybridized carbons (Fsp3) is 0.304. The van der Waals surface area contributed by atoms with Gasteiger partial charge in [0.05, 0.1) is 0 Å². The van der Waals surface area contributed by atoms with E-state index in [1.165, 1.54) is 65.8 Å². The van der Waals surface area contributed by atoms with E-state index >= 15 is 0 Å². The van der Waals surface area contributed by atoms with Crippen LogP contribution in [0.5, 0.6) is 0 Å². The van der Waals surface area contributed by atoms with E-state index in [1.54, 1.807) is 0 Å². The molecule has 0 atom stereocenters. The molecule has 3 heterocycles. The van der Waals surface area contributed by atoms with Gasteiger partial charge in [-0.15, -0.1) is 0 Å². The van der Waals surface area contributed by atoms with Crippen LogP contribution in [0.25, 0.3) is 16.6 Å². The van der Waals surface area contributed by atoms with Crippen LogP contribution in [-0.4, -0.2) is 17.7 Å². The Morgan fingerprint density at radius 3 is 2.54 bits per heavy atom. The maximum Gasteiger partial charge on any atom is 0.0498 e. The summed E-state index contributed by atoms with van der Waals surface area (Å²) in [5.74, 6) is 0. The second-order valence-electron chi connectivity index (χ2n) is 7.59. The Morgan fingerprint density at radius 1 is 0.885 bits per heavy atom. The van der Waals surface area contributed by atoms with Gasteiger partial charge in [-0.25, -0.2) is 0 Å². The molecule has 3 heteroatoms. The van der Waals surface area contributed by atoms with Gasteiger partial charge in [0.15, 0.2) is 0 Å². The summed E-state index contributed by atoms with van der Waals surface area (Å²) in [6, 6.07) is 15.8. The molecule has 5 rings (SSSR count). The number of piperidine rings is 1. The number of fused-ring (bicyclic) bond motifs is 2. The number of nitrogens with zero attached hydrogens (tertiary/aromatic N) is 3. The van der Waals surface area contributed by atoms with E-state index in [2.05, 4.69) is 76.7 Å². The predicted octanol–water partition coefficient (Wildman–Crippen LogP) is 5.16. The van der Waals surface area contributed by atoms with Gasteiger partial charge in [-0.3, -0.25) is 0 Å². The van der Waals surface area contributed by atoms with Gasteiger partial charge in [0.1, 0.15) is 0 Å². The molecule has 0 radical (unpaired) electrons. The Morgan fingerprint density at radius 2 is 1.69 bits per heavy atom. The van der Waals surface area contributed by atoms with Crippen molar-refractivity contribution in [2.45, 2.75) is 25.8 Å². The molecule has 0 bridgehead atoms. The summed E-state index contributed by atoms with van der Waals surface area (Å²) in [5, 5.41) is 1.28. The molecule has 0 N–H and O–H groups in total. The molecule has 1 aromatic heterocycles. The first kappa shape index (κ1) is 15.6. The first-order chi connectivity index (χ1) is 12.7. The molecule has 132 valence electrons. The zero-order chi connectivity index (χ0) is 17.7. The van der Waals surface area contributed by atoms with Crippen LogP contribution in [0.15, 0.2) is 55.2 Å². The molecule has 2 aliphatic rings. The number of aryl methyl sites for hydroxylation is 1. The summed E-state index contributed by atoms with van der Waals surface area (Å²) in [5.41, 5.74) is 7.64. The lowest BCUT2D eigenvalue weighted by Crippen LogP contribution is -2.29. The average Bonchev–Trinajstić information content (AvgIpc) is 3.22. The molecule has 3 nitrogen and oxygen atoms in total. The van der Waals surface area contributed by atoms with E-state index in [0.717, 1.165) is 12.2 Å². The Hall–Kier alpha value is -2.68.